The highest BCUT2D eigenvalue weighted by atomic mass is 16.7. The molecule has 0 saturated carbocycles. The fourth-order valence-electron chi connectivity index (χ4n) is 2.78. The van der Waals surface area contributed by atoms with E-state index in [9.17, 15) is 15.0 Å². The lowest BCUT2D eigenvalue weighted by Gasteiger charge is -2.46. The topological polar surface area (TPSA) is 97.3 Å². The van der Waals surface area contributed by atoms with Crippen molar-refractivity contribution in [3.05, 3.63) is 35.9 Å². The van der Waals surface area contributed by atoms with E-state index in [-0.39, 0.29) is 12.5 Å². The Labute approximate surface area is 127 Å². The Morgan fingerprint density at radius 3 is 2.64 bits per heavy atom. The van der Waals surface area contributed by atoms with Crippen molar-refractivity contribution in [2.45, 2.75) is 43.9 Å². The first kappa shape index (κ1) is 15.4. The molecule has 2 heterocycles. The first-order chi connectivity index (χ1) is 10.6. The summed E-state index contributed by atoms with van der Waals surface area (Å²) in [6.07, 6.45) is -4.29. The number of amides is 1. The highest BCUT2D eigenvalue weighted by Crippen LogP contribution is 2.33. The van der Waals surface area contributed by atoms with Gasteiger partial charge >= 0.3 is 0 Å². The second kappa shape index (κ2) is 6.31. The second-order valence-electron chi connectivity index (χ2n) is 5.46. The van der Waals surface area contributed by atoms with E-state index in [2.05, 4.69) is 5.32 Å². The minimum atomic E-state index is -1.30. The van der Waals surface area contributed by atoms with Crippen molar-refractivity contribution in [2.24, 2.45) is 0 Å². The van der Waals surface area contributed by atoms with Gasteiger partial charge in [0.25, 0.3) is 0 Å². The Morgan fingerprint density at radius 2 is 1.95 bits per heavy atom. The molecule has 7 nitrogen and oxygen atoms in total. The Morgan fingerprint density at radius 1 is 1.23 bits per heavy atom. The number of nitrogens with one attached hydrogen (secondary N) is 1. The number of carbonyl (C=O) groups excluding carboxylic acids is 1. The fourth-order valence-corrected chi connectivity index (χ4v) is 2.78. The third-order valence-electron chi connectivity index (χ3n) is 3.83. The largest absolute Gasteiger partial charge is 0.388 e. The maximum atomic E-state index is 11.2. The van der Waals surface area contributed by atoms with Crippen molar-refractivity contribution >= 4 is 5.91 Å². The van der Waals surface area contributed by atoms with Crippen molar-refractivity contribution in [1.82, 2.24) is 5.32 Å². The van der Waals surface area contributed by atoms with Crippen LogP contribution in [-0.4, -0.2) is 53.4 Å². The summed E-state index contributed by atoms with van der Waals surface area (Å²) in [6.45, 7) is 1.49. The van der Waals surface area contributed by atoms with Crippen LogP contribution in [0, 0.1) is 0 Å². The smallest absolute Gasteiger partial charge is 0.217 e. The van der Waals surface area contributed by atoms with E-state index < -0.39 is 36.9 Å². The summed E-state index contributed by atoms with van der Waals surface area (Å²) < 4.78 is 16.8. The van der Waals surface area contributed by atoms with Crippen LogP contribution in [0.15, 0.2) is 30.3 Å². The van der Waals surface area contributed by atoms with Gasteiger partial charge < -0.3 is 29.7 Å². The molecule has 2 aliphatic heterocycles. The van der Waals surface area contributed by atoms with Crippen LogP contribution in [0.3, 0.4) is 0 Å². The summed E-state index contributed by atoms with van der Waals surface area (Å²) >= 11 is 0. The molecule has 120 valence electrons. The summed E-state index contributed by atoms with van der Waals surface area (Å²) in [5, 5.41) is 22.8. The zero-order chi connectivity index (χ0) is 15.7. The minimum absolute atomic E-state index is 0.186. The molecule has 1 aromatic rings. The molecule has 2 aliphatic rings. The van der Waals surface area contributed by atoms with Crippen molar-refractivity contribution in [2.75, 3.05) is 6.61 Å². The molecular weight excluding hydrogens is 290 g/mol. The van der Waals surface area contributed by atoms with E-state index in [1.165, 1.54) is 6.92 Å². The zero-order valence-corrected chi connectivity index (χ0v) is 12.1. The van der Waals surface area contributed by atoms with E-state index in [0.29, 0.717) is 0 Å². The van der Waals surface area contributed by atoms with Gasteiger partial charge in [0.1, 0.15) is 24.4 Å². The fraction of sp³-hybridized carbons (Fsp3) is 0.533. The summed E-state index contributed by atoms with van der Waals surface area (Å²) in [5.74, 6) is -0.364. The summed E-state index contributed by atoms with van der Waals surface area (Å²) in [5.41, 5.74) is 0.829. The molecule has 0 aromatic heterocycles. The summed E-state index contributed by atoms with van der Waals surface area (Å²) in [7, 11) is 0. The number of ether oxygens (including phenoxy) is 3. The number of aliphatic hydroxyl groups excluding tert-OH is 2. The SMILES string of the molecule is CC(=O)N[C@@H]1[C@@H](O)[C@H]2O[C@@H](c3ccccc3)OC[C@@H]2O[C@H]1O. The maximum absolute atomic E-state index is 11.2. The molecule has 1 amide bonds. The molecule has 6 atom stereocenters. The van der Waals surface area contributed by atoms with Gasteiger partial charge in [0.15, 0.2) is 12.6 Å². The average molecular weight is 309 g/mol. The predicted octanol–water partition coefficient (Wildman–Crippen LogP) is -0.317. The van der Waals surface area contributed by atoms with E-state index >= 15 is 0 Å². The second-order valence-corrected chi connectivity index (χ2v) is 5.46. The first-order valence-electron chi connectivity index (χ1n) is 7.17. The van der Waals surface area contributed by atoms with Crippen LogP contribution in [-0.2, 0) is 19.0 Å². The maximum Gasteiger partial charge on any atom is 0.217 e. The van der Waals surface area contributed by atoms with Crippen molar-refractivity contribution < 1.29 is 29.2 Å². The lowest BCUT2D eigenvalue weighted by Crippen LogP contribution is -2.66. The van der Waals surface area contributed by atoms with Crippen molar-refractivity contribution in [1.29, 1.82) is 0 Å². The molecule has 22 heavy (non-hydrogen) atoms. The van der Waals surface area contributed by atoms with Gasteiger partial charge in [0.05, 0.1) is 6.61 Å². The normalized spacial score (nSPS) is 38.1. The van der Waals surface area contributed by atoms with Crippen LogP contribution < -0.4 is 5.32 Å². The molecule has 1 aromatic carbocycles. The Balaban J connectivity index is 1.75. The number of hydrogen-bond donors (Lipinski definition) is 3. The number of benzene rings is 1. The lowest BCUT2D eigenvalue weighted by atomic mass is 9.96. The number of rotatable bonds is 2. The predicted molar refractivity (Wildman–Crippen MR) is 74.5 cm³/mol. The van der Waals surface area contributed by atoms with Gasteiger partial charge in [0.2, 0.25) is 5.91 Å². The molecular formula is C15H19NO6. The van der Waals surface area contributed by atoms with E-state index in [1.807, 2.05) is 30.3 Å². The molecule has 2 saturated heterocycles. The number of fused-ring (bicyclic) bond motifs is 1. The van der Waals surface area contributed by atoms with Gasteiger partial charge in [-0.05, 0) is 0 Å². The van der Waals surface area contributed by atoms with Crippen LogP contribution in [0.4, 0.5) is 0 Å². The minimum Gasteiger partial charge on any atom is -0.388 e. The number of aliphatic hydroxyl groups is 2. The van der Waals surface area contributed by atoms with Gasteiger partial charge in [-0.2, -0.15) is 0 Å². The van der Waals surface area contributed by atoms with Crippen LogP contribution >= 0.6 is 0 Å². The number of carbonyl (C=O) groups is 1. The third kappa shape index (κ3) is 2.99. The zero-order valence-electron chi connectivity index (χ0n) is 12.1. The summed E-state index contributed by atoms with van der Waals surface area (Å²) in [6, 6.07) is 8.41. The Hall–Kier alpha value is -1.51. The Bertz CT molecular complexity index is 524. The molecule has 3 rings (SSSR count). The van der Waals surface area contributed by atoms with Gasteiger partial charge in [0, 0.05) is 12.5 Å². The standard InChI is InChI=1S/C15H19NO6/c1-8(17)16-11-12(18)13-10(21-14(11)19)7-20-15(22-13)9-5-3-2-4-6-9/h2-6,10-15,18-19H,7H2,1H3,(H,16,17)/t10-,11+,12+,13-,14+,15-/m0/s1. The molecule has 0 bridgehead atoms. The van der Waals surface area contributed by atoms with Crippen molar-refractivity contribution in [3.8, 4) is 0 Å². The van der Waals surface area contributed by atoms with E-state index in [0.717, 1.165) is 5.56 Å². The number of hydrogen-bond acceptors (Lipinski definition) is 6. The molecule has 0 aliphatic carbocycles. The molecule has 7 heteroatoms. The highest BCUT2D eigenvalue weighted by Gasteiger charge is 2.49. The summed E-state index contributed by atoms with van der Waals surface area (Å²) in [4.78, 5) is 11.2. The van der Waals surface area contributed by atoms with Crippen LogP contribution in [0.1, 0.15) is 18.8 Å². The highest BCUT2D eigenvalue weighted by molar-refractivity contribution is 5.73. The first-order valence-corrected chi connectivity index (χ1v) is 7.17. The molecule has 0 spiro atoms. The lowest BCUT2D eigenvalue weighted by molar-refractivity contribution is -0.337. The quantitative estimate of drug-likeness (QED) is 0.693. The van der Waals surface area contributed by atoms with Crippen molar-refractivity contribution in [3.63, 3.8) is 0 Å². The van der Waals surface area contributed by atoms with E-state index in [1.54, 1.807) is 0 Å². The van der Waals surface area contributed by atoms with E-state index in [4.69, 9.17) is 14.2 Å². The molecule has 2 fully saturated rings. The monoisotopic (exact) mass is 309 g/mol. The third-order valence-corrected chi connectivity index (χ3v) is 3.83. The van der Waals surface area contributed by atoms with Crippen LogP contribution in [0.25, 0.3) is 0 Å². The van der Waals surface area contributed by atoms with Crippen LogP contribution in [0.2, 0.25) is 0 Å². The van der Waals surface area contributed by atoms with Gasteiger partial charge in [-0.15, -0.1) is 0 Å². The van der Waals surface area contributed by atoms with Gasteiger partial charge in [-0.1, -0.05) is 30.3 Å². The molecule has 3 N–H and O–H groups in total. The molecule has 0 unspecified atom stereocenters. The van der Waals surface area contributed by atoms with Crippen LogP contribution in [0.5, 0.6) is 0 Å². The average Bonchev–Trinajstić information content (AvgIpc) is 2.52. The van der Waals surface area contributed by atoms with Gasteiger partial charge in [-0.25, -0.2) is 0 Å². The Kier molecular flexibility index (Phi) is 4.42. The molecule has 0 radical (unpaired) electrons. The van der Waals surface area contributed by atoms with Gasteiger partial charge in [-0.3, -0.25) is 4.79 Å².